The Morgan fingerprint density at radius 1 is 0.909 bits per heavy atom. The molecule has 0 nitrogen and oxygen atoms in total. The monoisotopic (exact) mass is 192 g/mol. The summed E-state index contributed by atoms with van der Waals surface area (Å²) in [5.41, 5.74) is 0. The number of hydrogen-bond donors (Lipinski definition) is 2. The number of rotatable bonds is 6. The summed E-state index contributed by atoms with van der Waals surface area (Å²) in [5, 5.41) is 0. The highest BCUT2D eigenvalue weighted by molar-refractivity contribution is 7.80. The van der Waals surface area contributed by atoms with Gasteiger partial charge in [0, 0.05) is 0 Å². The molecule has 2 unspecified atom stereocenters. The average molecular weight is 192 g/mol. The van der Waals surface area contributed by atoms with Gasteiger partial charge in [0.1, 0.15) is 0 Å². The standard InChI is InChI=1S/C9H20S2/c1-3-8(6-10)5-9(4-2)7-11/h8-11H,3-7H2,1-2H3. The molecule has 2 atom stereocenters. The van der Waals surface area contributed by atoms with Gasteiger partial charge in [-0.1, -0.05) is 26.7 Å². The molecule has 0 aliphatic rings. The van der Waals surface area contributed by atoms with Crippen LogP contribution in [0.3, 0.4) is 0 Å². The smallest absolute Gasteiger partial charge is 0.00695 e. The average Bonchev–Trinajstić information content (AvgIpc) is 2.07. The fraction of sp³-hybridized carbons (Fsp3) is 1.00. The highest BCUT2D eigenvalue weighted by Crippen LogP contribution is 2.20. The van der Waals surface area contributed by atoms with Crippen molar-refractivity contribution < 1.29 is 0 Å². The molecule has 0 radical (unpaired) electrons. The maximum absolute atomic E-state index is 4.32. The van der Waals surface area contributed by atoms with Crippen LogP contribution in [0.5, 0.6) is 0 Å². The van der Waals surface area contributed by atoms with E-state index in [-0.39, 0.29) is 0 Å². The minimum absolute atomic E-state index is 0.801. The van der Waals surface area contributed by atoms with Crippen molar-refractivity contribution in [2.24, 2.45) is 11.8 Å². The Morgan fingerprint density at radius 3 is 1.45 bits per heavy atom. The molecule has 0 heterocycles. The first-order chi connectivity index (χ1) is 5.28. The van der Waals surface area contributed by atoms with E-state index in [0.29, 0.717) is 0 Å². The van der Waals surface area contributed by atoms with Crippen LogP contribution in [0.4, 0.5) is 0 Å². The third-order valence-corrected chi connectivity index (χ3v) is 3.37. The van der Waals surface area contributed by atoms with E-state index in [1.54, 1.807) is 0 Å². The van der Waals surface area contributed by atoms with Crippen LogP contribution in [0, 0.1) is 11.8 Å². The van der Waals surface area contributed by atoms with Gasteiger partial charge in [-0.05, 0) is 29.8 Å². The van der Waals surface area contributed by atoms with Crippen molar-refractivity contribution in [3.05, 3.63) is 0 Å². The zero-order valence-electron chi connectivity index (χ0n) is 7.58. The molecule has 68 valence electrons. The van der Waals surface area contributed by atoms with E-state index in [1.807, 2.05) is 0 Å². The molecule has 0 aromatic rings. The minimum Gasteiger partial charge on any atom is -0.179 e. The van der Waals surface area contributed by atoms with Crippen molar-refractivity contribution >= 4 is 25.3 Å². The van der Waals surface area contributed by atoms with E-state index in [1.165, 1.54) is 19.3 Å². The molecule has 0 spiro atoms. The highest BCUT2D eigenvalue weighted by Gasteiger charge is 2.10. The largest absolute Gasteiger partial charge is 0.179 e. The van der Waals surface area contributed by atoms with E-state index in [4.69, 9.17) is 0 Å². The molecule has 11 heavy (non-hydrogen) atoms. The Kier molecular flexibility index (Phi) is 7.82. The second-order valence-corrected chi connectivity index (χ2v) is 3.88. The van der Waals surface area contributed by atoms with Gasteiger partial charge in [0.25, 0.3) is 0 Å². The van der Waals surface area contributed by atoms with E-state index < -0.39 is 0 Å². The Bertz CT molecular complexity index is 65.6. The zero-order chi connectivity index (χ0) is 8.69. The molecule has 0 saturated heterocycles. The minimum atomic E-state index is 0.801. The molecule has 0 aromatic carbocycles. The van der Waals surface area contributed by atoms with Crippen LogP contribution < -0.4 is 0 Å². The van der Waals surface area contributed by atoms with Crippen LogP contribution in [0.2, 0.25) is 0 Å². The van der Waals surface area contributed by atoms with Crippen molar-refractivity contribution in [3.8, 4) is 0 Å². The van der Waals surface area contributed by atoms with Crippen molar-refractivity contribution in [2.75, 3.05) is 11.5 Å². The van der Waals surface area contributed by atoms with Crippen LogP contribution in [0.1, 0.15) is 33.1 Å². The van der Waals surface area contributed by atoms with Crippen LogP contribution in [-0.2, 0) is 0 Å². The fourth-order valence-corrected chi connectivity index (χ4v) is 2.03. The molecular formula is C9H20S2. The molecule has 2 heteroatoms. The Balaban J connectivity index is 3.58. The predicted molar refractivity (Wildman–Crippen MR) is 59.9 cm³/mol. The summed E-state index contributed by atoms with van der Waals surface area (Å²) in [7, 11) is 0. The number of thiol groups is 2. The van der Waals surface area contributed by atoms with Crippen LogP contribution in [0.15, 0.2) is 0 Å². The normalized spacial score (nSPS) is 16.4. The lowest BCUT2D eigenvalue weighted by atomic mass is 9.93. The van der Waals surface area contributed by atoms with Crippen molar-refractivity contribution in [1.29, 1.82) is 0 Å². The summed E-state index contributed by atoms with van der Waals surface area (Å²) < 4.78 is 0. The Morgan fingerprint density at radius 2 is 1.27 bits per heavy atom. The van der Waals surface area contributed by atoms with E-state index in [9.17, 15) is 0 Å². The molecule has 0 saturated carbocycles. The Hall–Kier alpha value is 0.700. The van der Waals surface area contributed by atoms with E-state index in [2.05, 4.69) is 39.1 Å². The summed E-state index contributed by atoms with van der Waals surface area (Å²) in [5.74, 6) is 3.66. The highest BCUT2D eigenvalue weighted by atomic mass is 32.1. The van der Waals surface area contributed by atoms with Gasteiger partial charge in [0.15, 0.2) is 0 Å². The second-order valence-electron chi connectivity index (χ2n) is 3.15. The first-order valence-corrected chi connectivity index (χ1v) is 5.76. The zero-order valence-corrected chi connectivity index (χ0v) is 9.37. The van der Waals surface area contributed by atoms with Gasteiger partial charge in [-0.2, -0.15) is 25.3 Å². The summed E-state index contributed by atoms with van der Waals surface area (Å²) in [4.78, 5) is 0. The van der Waals surface area contributed by atoms with E-state index >= 15 is 0 Å². The summed E-state index contributed by atoms with van der Waals surface area (Å²) in [6.07, 6.45) is 3.82. The predicted octanol–water partition coefficient (Wildman–Crippen LogP) is 3.29. The third kappa shape index (κ3) is 5.02. The SMILES string of the molecule is CCC(CS)CC(CC)CS. The third-order valence-electron chi connectivity index (χ3n) is 2.34. The van der Waals surface area contributed by atoms with Crippen molar-refractivity contribution in [3.63, 3.8) is 0 Å². The molecule has 0 rings (SSSR count). The lowest BCUT2D eigenvalue weighted by Crippen LogP contribution is -2.10. The van der Waals surface area contributed by atoms with Gasteiger partial charge in [-0.25, -0.2) is 0 Å². The molecule has 0 aromatic heterocycles. The van der Waals surface area contributed by atoms with Gasteiger partial charge >= 0.3 is 0 Å². The summed E-state index contributed by atoms with van der Waals surface area (Å²) >= 11 is 8.65. The molecular weight excluding hydrogens is 172 g/mol. The van der Waals surface area contributed by atoms with Gasteiger partial charge in [-0.3, -0.25) is 0 Å². The maximum atomic E-state index is 4.32. The summed E-state index contributed by atoms with van der Waals surface area (Å²) in [6, 6.07) is 0. The van der Waals surface area contributed by atoms with Crippen molar-refractivity contribution in [1.82, 2.24) is 0 Å². The molecule has 0 aliphatic carbocycles. The Labute approximate surface area is 82.0 Å². The molecule has 0 amide bonds. The van der Waals surface area contributed by atoms with E-state index in [0.717, 1.165) is 23.3 Å². The quantitative estimate of drug-likeness (QED) is 0.593. The van der Waals surface area contributed by atoms with Crippen LogP contribution >= 0.6 is 25.3 Å². The molecule has 0 aliphatic heterocycles. The van der Waals surface area contributed by atoms with Crippen LogP contribution in [0.25, 0.3) is 0 Å². The lowest BCUT2D eigenvalue weighted by Gasteiger charge is -2.18. The van der Waals surface area contributed by atoms with Gasteiger partial charge in [0.2, 0.25) is 0 Å². The maximum Gasteiger partial charge on any atom is -0.00695 e. The van der Waals surface area contributed by atoms with Gasteiger partial charge in [-0.15, -0.1) is 0 Å². The summed E-state index contributed by atoms with van der Waals surface area (Å²) in [6.45, 7) is 4.48. The van der Waals surface area contributed by atoms with Gasteiger partial charge < -0.3 is 0 Å². The second kappa shape index (κ2) is 7.35. The van der Waals surface area contributed by atoms with Gasteiger partial charge in [0.05, 0.1) is 0 Å². The van der Waals surface area contributed by atoms with Crippen LogP contribution in [-0.4, -0.2) is 11.5 Å². The molecule has 0 N–H and O–H groups in total. The first kappa shape index (κ1) is 11.7. The molecule has 0 bridgehead atoms. The molecule has 0 fully saturated rings. The fourth-order valence-electron chi connectivity index (χ4n) is 1.21. The number of hydrogen-bond acceptors (Lipinski definition) is 2. The topological polar surface area (TPSA) is 0 Å². The van der Waals surface area contributed by atoms with Crippen molar-refractivity contribution in [2.45, 2.75) is 33.1 Å². The first-order valence-electron chi connectivity index (χ1n) is 4.50. The lowest BCUT2D eigenvalue weighted by molar-refractivity contribution is 0.409.